The molecule has 0 heterocycles. The van der Waals surface area contributed by atoms with Gasteiger partial charge in [-0.25, -0.2) is 8.42 Å². The molecule has 8 heteroatoms. The Hall–Kier alpha value is -0.0800. The molecule has 0 saturated carbocycles. The van der Waals surface area contributed by atoms with Crippen LogP contribution in [0.5, 0.6) is 0 Å². The van der Waals surface area contributed by atoms with E-state index < -0.39 is 10.0 Å². The molecule has 0 amide bonds. The molecule has 0 atom stereocenters. The maximum atomic E-state index is 12.3. The molecule has 2 rings (SSSR count). The number of anilines is 1. The number of nitrogens with one attached hydrogen (secondary N) is 1. The SMILES string of the molecule is O=S(=O)(Nc1ccc(Cl)c(Br)c1)c1ccc(Br)cc1Br. The highest BCUT2D eigenvalue weighted by molar-refractivity contribution is 9.11. The quantitative estimate of drug-likeness (QED) is 0.606. The van der Waals surface area contributed by atoms with Gasteiger partial charge in [0.2, 0.25) is 0 Å². The van der Waals surface area contributed by atoms with Crippen LogP contribution in [0.1, 0.15) is 0 Å². The summed E-state index contributed by atoms with van der Waals surface area (Å²) in [6.45, 7) is 0. The molecule has 0 saturated heterocycles. The summed E-state index contributed by atoms with van der Waals surface area (Å²) in [5.41, 5.74) is 0.427. The molecule has 0 spiro atoms. The van der Waals surface area contributed by atoms with Gasteiger partial charge in [0.25, 0.3) is 10.0 Å². The van der Waals surface area contributed by atoms with Gasteiger partial charge >= 0.3 is 0 Å². The molecule has 0 aliphatic rings. The van der Waals surface area contributed by atoms with Crippen molar-refractivity contribution < 1.29 is 8.42 Å². The van der Waals surface area contributed by atoms with Gasteiger partial charge in [-0.3, -0.25) is 4.72 Å². The molecule has 0 aliphatic carbocycles. The van der Waals surface area contributed by atoms with E-state index in [0.29, 0.717) is 19.7 Å². The Labute approximate surface area is 147 Å². The highest BCUT2D eigenvalue weighted by Crippen LogP contribution is 2.29. The van der Waals surface area contributed by atoms with Crippen molar-refractivity contribution in [3.05, 3.63) is 54.8 Å². The highest BCUT2D eigenvalue weighted by Gasteiger charge is 2.18. The summed E-state index contributed by atoms with van der Waals surface area (Å²) in [5, 5.41) is 0.512. The Morgan fingerprint density at radius 3 is 2.25 bits per heavy atom. The number of benzene rings is 2. The van der Waals surface area contributed by atoms with E-state index in [9.17, 15) is 8.42 Å². The number of hydrogen-bond donors (Lipinski definition) is 1. The van der Waals surface area contributed by atoms with E-state index >= 15 is 0 Å². The summed E-state index contributed by atoms with van der Waals surface area (Å²) in [6, 6.07) is 9.66. The molecule has 106 valence electrons. The van der Waals surface area contributed by atoms with Crippen molar-refractivity contribution in [1.82, 2.24) is 0 Å². The first-order valence-electron chi connectivity index (χ1n) is 5.22. The van der Waals surface area contributed by atoms with E-state index in [2.05, 4.69) is 52.5 Å². The van der Waals surface area contributed by atoms with Crippen LogP contribution in [0, 0.1) is 0 Å². The van der Waals surface area contributed by atoms with Crippen molar-refractivity contribution in [2.75, 3.05) is 4.72 Å². The van der Waals surface area contributed by atoms with Gasteiger partial charge in [-0.2, -0.15) is 0 Å². The second-order valence-corrected chi connectivity index (χ2v) is 8.49. The van der Waals surface area contributed by atoms with E-state index in [4.69, 9.17) is 11.6 Å². The summed E-state index contributed by atoms with van der Waals surface area (Å²) in [4.78, 5) is 0.159. The number of halogens is 4. The molecule has 0 unspecified atom stereocenters. The van der Waals surface area contributed by atoms with Crippen LogP contribution in [0.15, 0.2) is 54.7 Å². The zero-order valence-electron chi connectivity index (χ0n) is 9.70. The van der Waals surface area contributed by atoms with Gasteiger partial charge in [0, 0.05) is 13.4 Å². The van der Waals surface area contributed by atoms with Crippen molar-refractivity contribution in [3.8, 4) is 0 Å². The average molecular weight is 504 g/mol. The van der Waals surface area contributed by atoms with Crippen LogP contribution < -0.4 is 4.72 Å². The third-order valence-electron chi connectivity index (χ3n) is 2.36. The lowest BCUT2D eigenvalue weighted by Gasteiger charge is -2.10. The molecule has 0 bridgehead atoms. The van der Waals surface area contributed by atoms with E-state index in [-0.39, 0.29) is 4.90 Å². The number of sulfonamides is 1. The van der Waals surface area contributed by atoms with Crippen LogP contribution in [0.2, 0.25) is 5.02 Å². The molecule has 2 aromatic carbocycles. The fourth-order valence-corrected chi connectivity index (χ4v) is 4.76. The predicted octanol–water partition coefficient (Wildman–Crippen LogP) is 5.43. The Morgan fingerprint density at radius 1 is 0.950 bits per heavy atom. The normalized spacial score (nSPS) is 11.4. The van der Waals surface area contributed by atoms with Crippen LogP contribution in [0.4, 0.5) is 5.69 Å². The monoisotopic (exact) mass is 501 g/mol. The summed E-state index contributed by atoms with van der Waals surface area (Å²) in [7, 11) is -3.67. The van der Waals surface area contributed by atoms with Gasteiger partial charge < -0.3 is 0 Å². The van der Waals surface area contributed by atoms with E-state index in [1.807, 2.05) is 0 Å². The zero-order valence-corrected chi connectivity index (χ0v) is 16.0. The Kier molecular flexibility index (Phi) is 5.18. The average Bonchev–Trinajstić information content (AvgIpc) is 2.33. The van der Waals surface area contributed by atoms with Gasteiger partial charge in [-0.1, -0.05) is 27.5 Å². The van der Waals surface area contributed by atoms with Crippen molar-refractivity contribution >= 4 is 75.1 Å². The molecule has 1 N–H and O–H groups in total. The fourth-order valence-electron chi connectivity index (χ4n) is 1.46. The minimum atomic E-state index is -3.67. The first kappa shape index (κ1) is 16.3. The third-order valence-corrected chi connectivity index (χ3v) is 6.42. The van der Waals surface area contributed by atoms with Crippen molar-refractivity contribution in [2.45, 2.75) is 4.90 Å². The van der Waals surface area contributed by atoms with Crippen molar-refractivity contribution in [1.29, 1.82) is 0 Å². The van der Waals surface area contributed by atoms with E-state index in [1.54, 1.807) is 30.3 Å². The second-order valence-electron chi connectivity index (χ2n) is 3.81. The van der Waals surface area contributed by atoms with E-state index in [1.165, 1.54) is 6.07 Å². The first-order valence-corrected chi connectivity index (χ1v) is 9.46. The van der Waals surface area contributed by atoms with Crippen LogP contribution in [0.25, 0.3) is 0 Å². The van der Waals surface area contributed by atoms with Crippen LogP contribution in [-0.2, 0) is 10.0 Å². The molecule has 0 fully saturated rings. The summed E-state index contributed by atoms with van der Waals surface area (Å²) in [5.74, 6) is 0. The van der Waals surface area contributed by atoms with Gasteiger partial charge in [0.15, 0.2) is 0 Å². The van der Waals surface area contributed by atoms with Gasteiger partial charge in [-0.05, 0) is 68.3 Å². The summed E-state index contributed by atoms with van der Waals surface area (Å²) in [6.07, 6.45) is 0. The van der Waals surface area contributed by atoms with Crippen molar-refractivity contribution in [3.63, 3.8) is 0 Å². The lowest BCUT2D eigenvalue weighted by atomic mass is 10.3. The van der Waals surface area contributed by atoms with Crippen LogP contribution in [0.3, 0.4) is 0 Å². The van der Waals surface area contributed by atoms with Gasteiger partial charge in [-0.15, -0.1) is 0 Å². The molecule has 3 nitrogen and oxygen atoms in total. The Balaban J connectivity index is 2.38. The minimum Gasteiger partial charge on any atom is -0.280 e. The van der Waals surface area contributed by atoms with Gasteiger partial charge in [0.1, 0.15) is 4.90 Å². The largest absolute Gasteiger partial charge is 0.280 e. The Bertz CT molecular complexity index is 765. The maximum absolute atomic E-state index is 12.3. The molecule has 20 heavy (non-hydrogen) atoms. The smallest absolute Gasteiger partial charge is 0.263 e. The standard InChI is InChI=1S/C12H7Br3ClNO2S/c13-7-1-4-12(10(15)5-7)20(18,19)17-8-2-3-11(16)9(14)6-8/h1-6,17H. The first-order chi connectivity index (χ1) is 9.29. The van der Waals surface area contributed by atoms with Gasteiger partial charge in [0.05, 0.1) is 10.7 Å². The lowest BCUT2D eigenvalue weighted by molar-refractivity contribution is 0.600. The van der Waals surface area contributed by atoms with E-state index in [0.717, 1.165) is 4.47 Å². The molecule has 0 radical (unpaired) electrons. The lowest BCUT2D eigenvalue weighted by Crippen LogP contribution is -2.13. The summed E-state index contributed by atoms with van der Waals surface area (Å²) < 4.78 is 29.0. The fraction of sp³-hybridized carbons (Fsp3) is 0. The third kappa shape index (κ3) is 3.76. The molecular formula is C12H7Br3ClNO2S. The topological polar surface area (TPSA) is 46.2 Å². The van der Waals surface area contributed by atoms with Crippen molar-refractivity contribution in [2.24, 2.45) is 0 Å². The summed E-state index contributed by atoms with van der Waals surface area (Å²) >= 11 is 15.7. The molecule has 2 aromatic rings. The maximum Gasteiger partial charge on any atom is 0.263 e. The molecule has 0 aliphatic heterocycles. The number of hydrogen-bond acceptors (Lipinski definition) is 2. The number of rotatable bonds is 3. The minimum absolute atomic E-state index is 0.159. The predicted molar refractivity (Wildman–Crippen MR) is 91.8 cm³/mol. The molecular weight excluding hydrogens is 497 g/mol. The Morgan fingerprint density at radius 2 is 1.65 bits per heavy atom. The zero-order chi connectivity index (χ0) is 14.9. The van der Waals surface area contributed by atoms with Crippen LogP contribution >= 0.6 is 59.4 Å². The molecule has 0 aromatic heterocycles. The van der Waals surface area contributed by atoms with Crippen LogP contribution in [-0.4, -0.2) is 8.42 Å². The second kappa shape index (κ2) is 6.36. The highest BCUT2D eigenvalue weighted by atomic mass is 79.9.